The summed E-state index contributed by atoms with van der Waals surface area (Å²) < 4.78 is 5.14. The van der Waals surface area contributed by atoms with E-state index in [1.807, 2.05) is 0 Å². The number of hydrogen-bond acceptors (Lipinski definition) is 6. The standard InChI is InChI=1S/C20H15ClN2O6/c1-11(19(25)22-17-7-6-14(23(27)28)10-16(17)21)29-20(26)15-8-12-4-2-3-5-13(12)9-18(15)24/h2-11,24H,1H3,(H,22,25). The lowest BCUT2D eigenvalue weighted by Crippen LogP contribution is -2.30. The van der Waals surface area contributed by atoms with E-state index in [2.05, 4.69) is 5.32 Å². The molecule has 0 aromatic heterocycles. The van der Waals surface area contributed by atoms with Crippen LogP contribution in [0.15, 0.2) is 54.6 Å². The van der Waals surface area contributed by atoms with Gasteiger partial charge in [0.2, 0.25) is 0 Å². The van der Waals surface area contributed by atoms with Crippen LogP contribution in [0.5, 0.6) is 5.75 Å². The Labute approximate surface area is 169 Å². The number of non-ortho nitro benzene ring substituents is 1. The predicted octanol–water partition coefficient (Wildman–Crippen LogP) is 4.29. The van der Waals surface area contributed by atoms with Crippen molar-refractivity contribution >= 4 is 45.6 Å². The minimum atomic E-state index is -1.21. The summed E-state index contributed by atoms with van der Waals surface area (Å²) in [6.45, 7) is 1.35. The van der Waals surface area contributed by atoms with Crippen molar-refractivity contribution in [3.63, 3.8) is 0 Å². The number of nitro groups is 1. The van der Waals surface area contributed by atoms with Gasteiger partial charge < -0.3 is 15.2 Å². The number of halogens is 1. The van der Waals surface area contributed by atoms with E-state index >= 15 is 0 Å². The number of nitrogens with one attached hydrogen (secondary N) is 1. The number of hydrogen-bond donors (Lipinski definition) is 2. The number of ether oxygens (including phenoxy) is 1. The molecule has 0 saturated carbocycles. The molecule has 3 aromatic rings. The van der Waals surface area contributed by atoms with Crippen molar-refractivity contribution in [2.24, 2.45) is 0 Å². The van der Waals surface area contributed by atoms with Crippen LogP contribution < -0.4 is 5.32 Å². The fraction of sp³-hybridized carbons (Fsp3) is 0.100. The monoisotopic (exact) mass is 414 g/mol. The van der Waals surface area contributed by atoms with Gasteiger partial charge in [0.05, 0.1) is 15.6 Å². The van der Waals surface area contributed by atoms with Gasteiger partial charge in [-0.05, 0) is 35.9 Å². The fourth-order valence-corrected chi connectivity index (χ4v) is 2.84. The third kappa shape index (κ3) is 4.44. The van der Waals surface area contributed by atoms with E-state index < -0.39 is 22.9 Å². The maximum atomic E-state index is 12.4. The minimum absolute atomic E-state index is 0.0294. The number of esters is 1. The Hall–Kier alpha value is -3.65. The Bertz CT molecular complexity index is 1130. The molecule has 0 heterocycles. The first-order valence-electron chi connectivity index (χ1n) is 8.44. The third-order valence-electron chi connectivity index (χ3n) is 4.16. The van der Waals surface area contributed by atoms with Gasteiger partial charge in [0.15, 0.2) is 6.10 Å². The highest BCUT2D eigenvalue weighted by Crippen LogP contribution is 2.28. The highest BCUT2D eigenvalue weighted by atomic mass is 35.5. The molecule has 148 valence electrons. The Kier molecular flexibility index (Phi) is 5.65. The van der Waals surface area contributed by atoms with E-state index in [1.54, 1.807) is 24.3 Å². The Morgan fingerprint density at radius 2 is 1.79 bits per heavy atom. The van der Waals surface area contributed by atoms with Gasteiger partial charge in [-0.3, -0.25) is 14.9 Å². The number of nitrogens with zero attached hydrogens (tertiary/aromatic N) is 1. The largest absolute Gasteiger partial charge is 0.507 e. The number of nitro benzene ring substituents is 1. The lowest BCUT2D eigenvalue weighted by molar-refractivity contribution is -0.384. The molecule has 1 amide bonds. The summed E-state index contributed by atoms with van der Waals surface area (Å²) >= 11 is 5.94. The molecule has 0 aliphatic heterocycles. The first kappa shape index (κ1) is 20.1. The Morgan fingerprint density at radius 1 is 1.14 bits per heavy atom. The number of phenolic OH excluding ortho intramolecular Hbond substituents is 1. The molecule has 1 unspecified atom stereocenters. The van der Waals surface area contributed by atoms with Crippen molar-refractivity contribution < 1.29 is 24.4 Å². The van der Waals surface area contributed by atoms with Gasteiger partial charge in [0, 0.05) is 12.1 Å². The summed E-state index contributed by atoms with van der Waals surface area (Å²) in [6.07, 6.45) is -1.21. The van der Waals surface area contributed by atoms with E-state index in [1.165, 1.54) is 31.2 Å². The Morgan fingerprint density at radius 3 is 2.41 bits per heavy atom. The second kappa shape index (κ2) is 8.15. The molecule has 8 nitrogen and oxygen atoms in total. The van der Waals surface area contributed by atoms with Crippen LogP contribution >= 0.6 is 11.6 Å². The number of rotatable bonds is 5. The smallest absolute Gasteiger partial charge is 0.342 e. The maximum Gasteiger partial charge on any atom is 0.342 e. The van der Waals surface area contributed by atoms with E-state index in [9.17, 15) is 24.8 Å². The zero-order valence-corrected chi connectivity index (χ0v) is 15.8. The van der Waals surface area contributed by atoms with Crippen LogP contribution in [-0.4, -0.2) is 28.0 Å². The lowest BCUT2D eigenvalue weighted by Gasteiger charge is -2.15. The number of carbonyl (C=O) groups excluding carboxylic acids is 2. The predicted molar refractivity (Wildman–Crippen MR) is 107 cm³/mol. The highest BCUT2D eigenvalue weighted by Gasteiger charge is 2.22. The van der Waals surface area contributed by atoms with Gasteiger partial charge in [0.1, 0.15) is 11.3 Å². The number of amides is 1. The minimum Gasteiger partial charge on any atom is -0.507 e. The van der Waals surface area contributed by atoms with Crippen molar-refractivity contribution in [3.05, 3.63) is 75.3 Å². The van der Waals surface area contributed by atoms with Crippen LogP contribution in [0.25, 0.3) is 10.8 Å². The van der Waals surface area contributed by atoms with Crippen molar-refractivity contribution in [2.75, 3.05) is 5.32 Å². The molecular weight excluding hydrogens is 400 g/mol. The van der Waals surface area contributed by atoms with Crippen LogP contribution in [0.2, 0.25) is 5.02 Å². The van der Waals surface area contributed by atoms with Crippen molar-refractivity contribution in [3.8, 4) is 5.75 Å². The number of phenols is 1. The van der Waals surface area contributed by atoms with Gasteiger partial charge in [0.25, 0.3) is 11.6 Å². The molecule has 0 bridgehead atoms. The van der Waals surface area contributed by atoms with E-state index in [-0.39, 0.29) is 27.7 Å². The molecule has 29 heavy (non-hydrogen) atoms. The number of carbonyl (C=O) groups is 2. The molecule has 0 aliphatic carbocycles. The van der Waals surface area contributed by atoms with Crippen LogP contribution in [0.1, 0.15) is 17.3 Å². The summed E-state index contributed by atoms with van der Waals surface area (Å²) in [5.74, 6) is -1.82. The first-order valence-corrected chi connectivity index (χ1v) is 8.81. The van der Waals surface area contributed by atoms with Gasteiger partial charge >= 0.3 is 5.97 Å². The molecule has 3 rings (SSSR count). The van der Waals surface area contributed by atoms with Crippen LogP contribution in [-0.2, 0) is 9.53 Å². The third-order valence-corrected chi connectivity index (χ3v) is 4.47. The average molecular weight is 415 g/mol. The number of aromatic hydroxyl groups is 1. The van der Waals surface area contributed by atoms with Crippen LogP contribution in [0.3, 0.4) is 0 Å². The van der Waals surface area contributed by atoms with Gasteiger partial charge in [-0.2, -0.15) is 0 Å². The number of fused-ring (bicyclic) bond motifs is 1. The molecule has 3 aromatic carbocycles. The quantitative estimate of drug-likeness (QED) is 0.365. The van der Waals surface area contributed by atoms with Crippen LogP contribution in [0.4, 0.5) is 11.4 Å². The van der Waals surface area contributed by atoms with E-state index in [0.717, 1.165) is 16.8 Å². The molecule has 1 atom stereocenters. The molecule has 0 radical (unpaired) electrons. The second-order valence-corrected chi connectivity index (χ2v) is 6.58. The second-order valence-electron chi connectivity index (χ2n) is 6.17. The SMILES string of the molecule is CC(OC(=O)c1cc2ccccc2cc1O)C(=O)Nc1ccc([N+](=O)[O-])cc1Cl. The van der Waals surface area contributed by atoms with E-state index in [4.69, 9.17) is 16.3 Å². The Balaban J connectivity index is 1.72. The molecule has 0 fully saturated rings. The lowest BCUT2D eigenvalue weighted by atomic mass is 10.1. The zero-order chi connectivity index (χ0) is 21.1. The average Bonchev–Trinajstić information content (AvgIpc) is 2.68. The topological polar surface area (TPSA) is 119 Å². The summed E-state index contributed by atoms with van der Waals surface area (Å²) in [7, 11) is 0. The fourth-order valence-electron chi connectivity index (χ4n) is 2.62. The summed E-state index contributed by atoms with van der Waals surface area (Å²) in [6, 6.07) is 13.6. The molecule has 0 aliphatic rings. The summed E-state index contributed by atoms with van der Waals surface area (Å²) in [4.78, 5) is 34.8. The van der Waals surface area contributed by atoms with Gasteiger partial charge in [-0.15, -0.1) is 0 Å². The molecule has 2 N–H and O–H groups in total. The van der Waals surface area contributed by atoms with Crippen molar-refractivity contribution in [1.82, 2.24) is 0 Å². The van der Waals surface area contributed by atoms with Crippen LogP contribution in [0, 0.1) is 10.1 Å². The molecular formula is C20H15ClN2O6. The zero-order valence-electron chi connectivity index (χ0n) is 15.1. The van der Waals surface area contributed by atoms with E-state index in [0.29, 0.717) is 0 Å². The number of anilines is 1. The molecule has 9 heteroatoms. The first-order chi connectivity index (χ1) is 13.8. The number of benzene rings is 3. The molecule has 0 spiro atoms. The maximum absolute atomic E-state index is 12.4. The normalized spacial score (nSPS) is 11.7. The van der Waals surface area contributed by atoms with Gasteiger partial charge in [-0.1, -0.05) is 35.9 Å². The molecule has 0 saturated heterocycles. The highest BCUT2D eigenvalue weighted by molar-refractivity contribution is 6.34. The summed E-state index contributed by atoms with van der Waals surface area (Å²) in [5.41, 5.74) is -0.158. The van der Waals surface area contributed by atoms with Gasteiger partial charge in [-0.25, -0.2) is 4.79 Å². The van der Waals surface area contributed by atoms with Crippen molar-refractivity contribution in [2.45, 2.75) is 13.0 Å². The summed E-state index contributed by atoms with van der Waals surface area (Å²) in [5, 5.41) is 24.7. The van der Waals surface area contributed by atoms with Crippen molar-refractivity contribution in [1.29, 1.82) is 0 Å².